The minimum Gasteiger partial charge on any atom is -0.493 e. The van der Waals surface area contributed by atoms with Gasteiger partial charge in [-0.05, 0) is 50.4 Å². The molecule has 4 N–H and O–H groups in total. The normalized spacial score (nSPS) is 19.1. The van der Waals surface area contributed by atoms with Crippen LogP contribution in [0.5, 0.6) is 11.5 Å². The second-order valence-electron chi connectivity index (χ2n) is 8.73. The lowest BCUT2D eigenvalue weighted by molar-refractivity contribution is -0.139. The molecule has 1 fully saturated rings. The zero-order valence-electron chi connectivity index (χ0n) is 21.0. The van der Waals surface area contributed by atoms with Crippen LogP contribution in [-0.4, -0.2) is 66.1 Å². The van der Waals surface area contributed by atoms with Gasteiger partial charge in [-0.3, -0.25) is 4.79 Å². The number of carbonyl (C=O) groups excluding carboxylic acids is 1. The molecular weight excluding hydrogens is 466 g/mol. The van der Waals surface area contributed by atoms with Crippen molar-refractivity contribution in [3.63, 3.8) is 0 Å². The van der Waals surface area contributed by atoms with E-state index in [4.69, 9.17) is 30.5 Å². The summed E-state index contributed by atoms with van der Waals surface area (Å²) in [5.41, 5.74) is 7.61. The molecule has 2 aliphatic rings. The minimum atomic E-state index is -1.26. The number of unbranched alkanes of at least 4 members (excludes halogenated alkanes) is 3. The average molecular weight is 504 g/mol. The first-order valence-electron chi connectivity index (χ1n) is 12.3. The lowest BCUT2D eigenvalue weighted by atomic mass is 9.73. The van der Waals surface area contributed by atoms with Crippen LogP contribution < -0.4 is 15.2 Å². The van der Waals surface area contributed by atoms with Gasteiger partial charge in [0.05, 0.1) is 19.9 Å². The molecule has 2 unspecified atom stereocenters. The summed E-state index contributed by atoms with van der Waals surface area (Å²) < 4.78 is 10.9. The van der Waals surface area contributed by atoms with Crippen molar-refractivity contribution in [3.05, 3.63) is 35.9 Å². The standard InChI is InChI=1S/C22H33N3O3.C4H4O4/c1-27-19-12-11-16(15-20(19)28-2)21-17-9-5-6-10-18(17)22(26)25(24-21)14-8-4-3-7-13-23;5-3(6)1-2-4(7)8/h11-12,15,17-18H,3-10,13-14,23H2,1-2H3;1-2H,(H,5,6)(H,7,8). The van der Waals surface area contributed by atoms with E-state index in [0.717, 1.165) is 69.2 Å². The molecule has 1 amide bonds. The lowest BCUT2D eigenvalue weighted by Crippen LogP contribution is -2.46. The number of hydrogen-bond acceptors (Lipinski definition) is 7. The van der Waals surface area contributed by atoms with Gasteiger partial charge in [-0.25, -0.2) is 14.6 Å². The van der Waals surface area contributed by atoms with Gasteiger partial charge in [-0.1, -0.05) is 25.7 Å². The maximum Gasteiger partial charge on any atom is 0.328 e. The number of hydrazone groups is 1. The topological polar surface area (TPSA) is 152 Å². The minimum absolute atomic E-state index is 0.0541. The number of aliphatic carboxylic acids is 2. The Kier molecular flexibility index (Phi) is 11.9. The van der Waals surface area contributed by atoms with Gasteiger partial charge in [0.15, 0.2) is 11.5 Å². The van der Waals surface area contributed by atoms with Crippen molar-refractivity contribution in [2.75, 3.05) is 27.3 Å². The van der Waals surface area contributed by atoms with Crippen LogP contribution in [0.4, 0.5) is 0 Å². The third-order valence-corrected chi connectivity index (χ3v) is 6.29. The molecule has 1 aromatic rings. The number of rotatable bonds is 11. The second-order valence-corrected chi connectivity index (χ2v) is 8.73. The van der Waals surface area contributed by atoms with Crippen LogP contribution in [0.25, 0.3) is 0 Å². The zero-order valence-corrected chi connectivity index (χ0v) is 21.0. The number of fused-ring (bicyclic) bond motifs is 1. The monoisotopic (exact) mass is 503 g/mol. The number of hydrogen-bond donors (Lipinski definition) is 3. The van der Waals surface area contributed by atoms with Crippen molar-refractivity contribution in [3.8, 4) is 11.5 Å². The third kappa shape index (κ3) is 8.37. The van der Waals surface area contributed by atoms with Gasteiger partial charge in [0, 0.05) is 36.1 Å². The van der Waals surface area contributed by atoms with Crippen LogP contribution in [0.15, 0.2) is 35.5 Å². The number of carboxylic acid groups (broad SMARTS) is 2. The number of ether oxygens (including phenoxy) is 2. The fraction of sp³-hybridized carbons (Fsp3) is 0.538. The summed E-state index contributed by atoms with van der Waals surface area (Å²) in [4.78, 5) is 32.1. The Hall–Kier alpha value is -3.40. The average Bonchev–Trinajstić information content (AvgIpc) is 2.88. The van der Waals surface area contributed by atoms with Crippen LogP contribution in [0.3, 0.4) is 0 Å². The molecule has 1 aliphatic carbocycles. The summed E-state index contributed by atoms with van der Waals surface area (Å²) in [6.07, 6.45) is 9.56. The molecule has 0 radical (unpaired) electrons. The number of amides is 1. The summed E-state index contributed by atoms with van der Waals surface area (Å²) in [6, 6.07) is 5.93. The predicted molar refractivity (Wildman–Crippen MR) is 135 cm³/mol. The highest BCUT2D eigenvalue weighted by Crippen LogP contribution is 2.39. The van der Waals surface area contributed by atoms with Gasteiger partial charge in [-0.2, -0.15) is 5.10 Å². The molecule has 1 heterocycles. The van der Waals surface area contributed by atoms with E-state index in [0.29, 0.717) is 30.2 Å². The third-order valence-electron chi connectivity index (χ3n) is 6.29. The highest BCUT2D eigenvalue weighted by Gasteiger charge is 2.41. The molecule has 1 aromatic carbocycles. The smallest absolute Gasteiger partial charge is 0.328 e. The van der Waals surface area contributed by atoms with Gasteiger partial charge in [0.1, 0.15) is 0 Å². The van der Waals surface area contributed by atoms with E-state index in [1.54, 1.807) is 19.2 Å². The second kappa shape index (κ2) is 14.9. The molecule has 3 rings (SSSR count). The fourth-order valence-electron chi connectivity index (χ4n) is 4.53. The molecule has 10 heteroatoms. The SMILES string of the molecule is COc1ccc(C2=NN(CCCCCCN)C(=O)C3CCCCC23)cc1OC.O=C(O)C=CC(=O)O. The molecule has 36 heavy (non-hydrogen) atoms. The Bertz CT molecular complexity index is 945. The number of methoxy groups -OCH3 is 2. The Balaban J connectivity index is 0.000000493. The van der Waals surface area contributed by atoms with Crippen molar-refractivity contribution in [2.24, 2.45) is 22.7 Å². The predicted octanol–water partition coefficient (Wildman–Crippen LogP) is 3.29. The van der Waals surface area contributed by atoms with Crippen LogP contribution in [0.2, 0.25) is 0 Å². The van der Waals surface area contributed by atoms with Gasteiger partial charge in [0.25, 0.3) is 0 Å². The maximum atomic E-state index is 13.0. The van der Waals surface area contributed by atoms with Crippen LogP contribution >= 0.6 is 0 Å². The number of nitrogens with two attached hydrogens (primary N) is 1. The van der Waals surface area contributed by atoms with Crippen molar-refractivity contribution < 1.29 is 34.1 Å². The van der Waals surface area contributed by atoms with Crippen LogP contribution in [-0.2, 0) is 14.4 Å². The van der Waals surface area contributed by atoms with Crippen molar-refractivity contribution in [1.29, 1.82) is 0 Å². The molecule has 0 spiro atoms. The fourth-order valence-corrected chi connectivity index (χ4v) is 4.53. The molecule has 0 aromatic heterocycles. The summed E-state index contributed by atoms with van der Waals surface area (Å²) in [7, 11) is 3.28. The molecule has 10 nitrogen and oxygen atoms in total. The first-order chi connectivity index (χ1) is 17.3. The van der Waals surface area contributed by atoms with E-state index in [1.165, 1.54) is 0 Å². The van der Waals surface area contributed by atoms with Gasteiger partial charge < -0.3 is 25.4 Å². The molecule has 1 saturated carbocycles. The number of nitrogens with zero attached hydrogens (tertiary/aromatic N) is 2. The highest BCUT2D eigenvalue weighted by molar-refractivity contribution is 6.07. The van der Waals surface area contributed by atoms with Gasteiger partial charge in [0.2, 0.25) is 5.91 Å². The number of carboxylic acids is 2. The summed E-state index contributed by atoms with van der Waals surface area (Å²) in [5, 5.41) is 22.2. The number of benzene rings is 1. The summed E-state index contributed by atoms with van der Waals surface area (Å²) in [5.74, 6) is -0.658. The quantitative estimate of drug-likeness (QED) is 0.307. The van der Waals surface area contributed by atoms with Gasteiger partial charge in [-0.15, -0.1) is 0 Å². The highest BCUT2D eigenvalue weighted by atomic mass is 16.5. The summed E-state index contributed by atoms with van der Waals surface area (Å²) in [6.45, 7) is 1.41. The first-order valence-corrected chi connectivity index (χ1v) is 12.3. The molecule has 0 bridgehead atoms. The van der Waals surface area contributed by atoms with Crippen molar-refractivity contribution in [2.45, 2.75) is 51.4 Å². The van der Waals surface area contributed by atoms with E-state index in [-0.39, 0.29) is 17.7 Å². The zero-order chi connectivity index (χ0) is 26.5. The van der Waals surface area contributed by atoms with E-state index in [1.807, 2.05) is 18.2 Å². The first kappa shape index (κ1) is 28.8. The largest absolute Gasteiger partial charge is 0.493 e. The van der Waals surface area contributed by atoms with E-state index in [2.05, 4.69) is 0 Å². The summed E-state index contributed by atoms with van der Waals surface area (Å²) >= 11 is 0. The van der Waals surface area contributed by atoms with Crippen LogP contribution in [0.1, 0.15) is 56.9 Å². The van der Waals surface area contributed by atoms with E-state index >= 15 is 0 Å². The molecule has 2 atom stereocenters. The Labute approximate surface area is 211 Å². The molecular formula is C26H37N3O7. The van der Waals surface area contributed by atoms with Crippen molar-refractivity contribution >= 4 is 23.6 Å². The molecule has 198 valence electrons. The van der Waals surface area contributed by atoms with Gasteiger partial charge >= 0.3 is 11.9 Å². The lowest BCUT2D eigenvalue weighted by Gasteiger charge is -2.38. The van der Waals surface area contributed by atoms with E-state index in [9.17, 15) is 14.4 Å². The Morgan fingerprint density at radius 1 is 1.00 bits per heavy atom. The molecule has 1 aliphatic heterocycles. The Morgan fingerprint density at radius 2 is 1.61 bits per heavy atom. The number of carbonyl (C=O) groups is 3. The van der Waals surface area contributed by atoms with Crippen molar-refractivity contribution in [1.82, 2.24) is 5.01 Å². The van der Waals surface area contributed by atoms with E-state index < -0.39 is 11.9 Å². The molecule has 0 saturated heterocycles. The Morgan fingerprint density at radius 3 is 2.19 bits per heavy atom. The maximum absolute atomic E-state index is 13.0. The van der Waals surface area contributed by atoms with Crippen LogP contribution in [0, 0.1) is 11.8 Å².